The summed E-state index contributed by atoms with van der Waals surface area (Å²) in [6.07, 6.45) is 7.84. The van der Waals surface area contributed by atoms with Crippen LogP contribution in [0.25, 0.3) is 6.08 Å². The van der Waals surface area contributed by atoms with Crippen molar-refractivity contribution >= 4 is 29.6 Å². The fraction of sp³-hybridized carbons (Fsp3) is 0.444. The number of nitrogens with zero attached hydrogens (tertiary/aromatic N) is 1. The zero-order chi connectivity index (χ0) is 16.7. The van der Waals surface area contributed by atoms with Gasteiger partial charge in [0.05, 0.1) is 13.5 Å². The zero-order valence-corrected chi connectivity index (χ0v) is 14.1. The number of hydrogen-bond donors (Lipinski definition) is 0. The molecule has 0 spiro atoms. The van der Waals surface area contributed by atoms with Gasteiger partial charge in [-0.3, -0.25) is 9.59 Å². The van der Waals surface area contributed by atoms with Gasteiger partial charge in [0.25, 0.3) is 0 Å². The summed E-state index contributed by atoms with van der Waals surface area (Å²) in [5.74, 6) is -0.349. The number of halogens is 1. The Kier molecular flexibility index (Phi) is 6.66. The molecule has 2 rings (SSSR count). The number of carbonyl (C=O) groups excluding carboxylic acids is 2. The lowest BCUT2D eigenvalue weighted by molar-refractivity contribution is -0.141. The van der Waals surface area contributed by atoms with E-state index in [1.807, 2.05) is 12.1 Å². The van der Waals surface area contributed by atoms with Gasteiger partial charge in [0, 0.05) is 23.7 Å². The molecule has 1 saturated carbocycles. The standard InChI is InChI=1S/C18H22ClNO3/c1-23-18(22)12-13-20(16-4-2-3-5-16)17(21)11-8-14-6-9-15(19)10-7-14/h6-11,16H,2-5,12-13H2,1H3/b11-8+. The second kappa shape index (κ2) is 8.73. The van der Waals surface area contributed by atoms with Crippen LogP contribution in [0.5, 0.6) is 0 Å². The number of methoxy groups -OCH3 is 1. The van der Waals surface area contributed by atoms with Crippen LogP contribution in [0.3, 0.4) is 0 Å². The highest BCUT2D eigenvalue weighted by molar-refractivity contribution is 6.30. The molecule has 1 aliphatic rings. The van der Waals surface area contributed by atoms with Gasteiger partial charge in [-0.15, -0.1) is 0 Å². The zero-order valence-electron chi connectivity index (χ0n) is 13.3. The SMILES string of the molecule is COC(=O)CCN(C(=O)/C=C/c1ccc(Cl)cc1)C1CCCC1. The second-order valence-electron chi connectivity index (χ2n) is 5.68. The summed E-state index contributed by atoms with van der Waals surface area (Å²) in [6, 6.07) is 7.53. The Balaban J connectivity index is 2.02. The van der Waals surface area contributed by atoms with Crippen molar-refractivity contribution in [2.45, 2.75) is 38.1 Å². The molecule has 0 radical (unpaired) electrons. The molecule has 0 unspecified atom stereocenters. The largest absolute Gasteiger partial charge is 0.469 e. The first-order valence-corrected chi connectivity index (χ1v) is 8.29. The van der Waals surface area contributed by atoms with Gasteiger partial charge < -0.3 is 9.64 Å². The molecule has 1 aromatic rings. The van der Waals surface area contributed by atoms with Crippen LogP contribution in [0.1, 0.15) is 37.7 Å². The third kappa shape index (κ3) is 5.39. The molecule has 124 valence electrons. The number of amides is 1. The number of carbonyl (C=O) groups is 2. The van der Waals surface area contributed by atoms with E-state index in [0.29, 0.717) is 11.6 Å². The maximum absolute atomic E-state index is 12.5. The minimum Gasteiger partial charge on any atom is -0.469 e. The summed E-state index contributed by atoms with van der Waals surface area (Å²) in [4.78, 5) is 25.7. The molecule has 0 atom stereocenters. The Morgan fingerprint density at radius 2 is 1.91 bits per heavy atom. The summed E-state index contributed by atoms with van der Waals surface area (Å²) >= 11 is 5.85. The first-order chi connectivity index (χ1) is 11.1. The lowest BCUT2D eigenvalue weighted by atomic mass is 10.1. The molecule has 0 bridgehead atoms. The van der Waals surface area contributed by atoms with Crippen molar-refractivity contribution in [1.29, 1.82) is 0 Å². The molecule has 23 heavy (non-hydrogen) atoms. The van der Waals surface area contributed by atoms with Gasteiger partial charge in [-0.25, -0.2) is 0 Å². The third-order valence-corrected chi connectivity index (χ3v) is 4.37. The van der Waals surface area contributed by atoms with E-state index in [-0.39, 0.29) is 24.3 Å². The van der Waals surface area contributed by atoms with Crippen LogP contribution in [0.4, 0.5) is 0 Å². The van der Waals surface area contributed by atoms with Crippen LogP contribution in [-0.2, 0) is 14.3 Å². The van der Waals surface area contributed by atoms with Gasteiger partial charge >= 0.3 is 5.97 Å². The van der Waals surface area contributed by atoms with E-state index < -0.39 is 0 Å². The van der Waals surface area contributed by atoms with E-state index in [1.165, 1.54) is 7.11 Å². The molecular weight excluding hydrogens is 314 g/mol. The van der Waals surface area contributed by atoms with Gasteiger partial charge in [-0.2, -0.15) is 0 Å². The van der Waals surface area contributed by atoms with Gasteiger partial charge in [0.1, 0.15) is 0 Å². The van der Waals surface area contributed by atoms with Crippen LogP contribution < -0.4 is 0 Å². The average molecular weight is 336 g/mol. The number of benzene rings is 1. The normalized spacial score (nSPS) is 15.0. The molecule has 0 aliphatic heterocycles. The number of ether oxygens (including phenoxy) is 1. The molecule has 1 amide bonds. The Morgan fingerprint density at radius 3 is 2.52 bits per heavy atom. The van der Waals surface area contributed by atoms with E-state index in [2.05, 4.69) is 4.74 Å². The van der Waals surface area contributed by atoms with Crippen molar-refractivity contribution in [2.75, 3.05) is 13.7 Å². The molecule has 0 saturated heterocycles. The average Bonchev–Trinajstić information content (AvgIpc) is 3.08. The minimum atomic E-state index is -0.289. The van der Waals surface area contributed by atoms with E-state index >= 15 is 0 Å². The highest BCUT2D eigenvalue weighted by Gasteiger charge is 2.25. The maximum atomic E-state index is 12.5. The smallest absolute Gasteiger partial charge is 0.307 e. The van der Waals surface area contributed by atoms with Crippen molar-refractivity contribution in [2.24, 2.45) is 0 Å². The highest BCUT2D eigenvalue weighted by atomic mass is 35.5. The first-order valence-electron chi connectivity index (χ1n) is 7.91. The maximum Gasteiger partial charge on any atom is 0.307 e. The van der Waals surface area contributed by atoms with Gasteiger partial charge in [0.15, 0.2) is 0 Å². The van der Waals surface area contributed by atoms with Crippen molar-refractivity contribution in [1.82, 2.24) is 4.90 Å². The predicted octanol–water partition coefficient (Wildman–Crippen LogP) is 3.69. The lowest BCUT2D eigenvalue weighted by Gasteiger charge is -2.27. The summed E-state index contributed by atoms with van der Waals surface area (Å²) in [5, 5.41) is 0.666. The fourth-order valence-electron chi connectivity index (χ4n) is 2.84. The molecule has 0 aromatic heterocycles. The van der Waals surface area contributed by atoms with E-state index in [0.717, 1.165) is 31.2 Å². The monoisotopic (exact) mass is 335 g/mol. The van der Waals surface area contributed by atoms with Crippen molar-refractivity contribution in [3.63, 3.8) is 0 Å². The molecule has 1 aromatic carbocycles. The first kappa shape index (κ1) is 17.5. The molecule has 0 heterocycles. The number of esters is 1. The van der Waals surface area contributed by atoms with Gasteiger partial charge in [-0.1, -0.05) is 36.6 Å². The van der Waals surface area contributed by atoms with E-state index in [1.54, 1.807) is 29.2 Å². The van der Waals surface area contributed by atoms with Crippen LogP contribution in [0.15, 0.2) is 30.3 Å². The third-order valence-electron chi connectivity index (χ3n) is 4.12. The minimum absolute atomic E-state index is 0.0595. The number of hydrogen-bond acceptors (Lipinski definition) is 3. The van der Waals surface area contributed by atoms with Gasteiger partial charge in [0.2, 0.25) is 5.91 Å². The van der Waals surface area contributed by atoms with Crippen LogP contribution in [-0.4, -0.2) is 36.5 Å². The molecule has 4 nitrogen and oxygen atoms in total. The summed E-state index contributed by atoms with van der Waals surface area (Å²) in [7, 11) is 1.37. The van der Waals surface area contributed by atoms with Gasteiger partial charge in [-0.05, 0) is 36.6 Å². The number of rotatable bonds is 6. The molecule has 5 heteroatoms. The van der Waals surface area contributed by atoms with E-state index in [4.69, 9.17) is 11.6 Å². The molecule has 1 aliphatic carbocycles. The van der Waals surface area contributed by atoms with Crippen LogP contribution >= 0.6 is 11.6 Å². The summed E-state index contributed by atoms with van der Waals surface area (Å²) in [5.41, 5.74) is 0.919. The Morgan fingerprint density at radius 1 is 1.26 bits per heavy atom. The predicted molar refractivity (Wildman–Crippen MR) is 91.1 cm³/mol. The Labute approximate surface area is 142 Å². The van der Waals surface area contributed by atoms with E-state index in [9.17, 15) is 9.59 Å². The van der Waals surface area contributed by atoms with Crippen LogP contribution in [0.2, 0.25) is 5.02 Å². The second-order valence-corrected chi connectivity index (χ2v) is 6.12. The van der Waals surface area contributed by atoms with Crippen molar-refractivity contribution in [3.8, 4) is 0 Å². The van der Waals surface area contributed by atoms with Crippen LogP contribution in [0, 0.1) is 0 Å². The fourth-order valence-corrected chi connectivity index (χ4v) is 2.97. The molecule has 0 N–H and O–H groups in total. The quantitative estimate of drug-likeness (QED) is 0.588. The topological polar surface area (TPSA) is 46.6 Å². The summed E-state index contributed by atoms with van der Waals surface area (Å²) in [6.45, 7) is 0.404. The van der Waals surface area contributed by atoms with Crippen molar-refractivity contribution in [3.05, 3.63) is 40.9 Å². The Hall–Kier alpha value is -1.81. The Bertz CT molecular complexity index is 562. The summed E-state index contributed by atoms with van der Waals surface area (Å²) < 4.78 is 4.68. The lowest BCUT2D eigenvalue weighted by Crippen LogP contribution is -2.39. The molecule has 1 fully saturated rings. The van der Waals surface area contributed by atoms with Crippen molar-refractivity contribution < 1.29 is 14.3 Å². The highest BCUT2D eigenvalue weighted by Crippen LogP contribution is 2.24. The molecular formula is C18H22ClNO3.